The molecule has 1 aromatic carbocycles. The Balaban J connectivity index is 1.54. The van der Waals surface area contributed by atoms with Gasteiger partial charge in [-0.05, 0) is 67.5 Å². The molecule has 1 amide bonds. The maximum Gasteiger partial charge on any atom is 0.313 e. The van der Waals surface area contributed by atoms with Crippen LogP contribution in [0.3, 0.4) is 0 Å². The molecule has 8 heteroatoms. The van der Waals surface area contributed by atoms with Gasteiger partial charge in [-0.2, -0.15) is 0 Å². The molecule has 1 aliphatic carbocycles. The van der Waals surface area contributed by atoms with Gasteiger partial charge in [0.05, 0.1) is 12.3 Å². The first-order chi connectivity index (χ1) is 17.9. The number of aromatic nitrogens is 1. The van der Waals surface area contributed by atoms with Crippen LogP contribution in [0.25, 0.3) is 0 Å². The van der Waals surface area contributed by atoms with E-state index in [9.17, 15) is 14.7 Å². The van der Waals surface area contributed by atoms with Crippen molar-refractivity contribution in [3.05, 3.63) is 52.2 Å². The van der Waals surface area contributed by atoms with Crippen LogP contribution in [0.2, 0.25) is 5.02 Å². The van der Waals surface area contributed by atoms with Gasteiger partial charge in [0.1, 0.15) is 5.92 Å². The first-order valence-corrected chi connectivity index (χ1v) is 13.9. The summed E-state index contributed by atoms with van der Waals surface area (Å²) in [5.74, 6) is -0.823. The summed E-state index contributed by atoms with van der Waals surface area (Å²) in [4.78, 5) is 34.0. The van der Waals surface area contributed by atoms with Crippen LogP contribution in [-0.2, 0) is 21.4 Å². The van der Waals surface area contributed by atoms with Crippen LogP contribution >= 0.6 is 11.6 Å². The van der Waals surface area contributed by atoms with Crippen molar-refractivity contribution in [3.63, 3.8) is 0 Å². The second kappa shape index (κ2) is 10.9. The van der Waals surface area contributed by atoms with Gasteiger partial charge in [-0.15, -0.1) is 0 Å². The number of nitrogens with zero attached hydrogens (tertiary/aromatic N) is 3. The van der Waals surface area contributed by atoms with E-state index in [0.717, 1.165) is 69.5 Å². The summed E-state index contributed by atoms with van der Waals surface area (Å²) in [6, 6.07) is 9.78. The number of fused-ring (bicyclic) bond motifs is 3. The molecule has 2 bridgehead atoms. The van der Waals surface area contributed by atoms with Crippen LogP contribution in [0, 0.1) is 0 Å². The molecule has 0 saturated heterocycles. The summed E-state index contributed by atoms with van der Waals surface area (Å²) in [6.45, 7) is 2.77. The number of anilines is 1. The largest absolute Gasteiger partial charge is 0.489 e. The third-order valence-electron chi connectivity index (χ3n) is 8.28. The van der Waals surface area contributed by atoms with E-state index in [0.29, 0.717) is 30.4 Å². The number of carbonyl (C=O) groups excluding carboxylic acids is 1. The second-order valence-corrected chi connectivity index (χ2v) is 11.3. The third-order valence-corrected chi connectivity index (χ3v) is 8.51. The van der Waals surface area contributed by atoms with Crippen molar-refractivity contribution in [1.29, 1.82) is 0 Å². The molecule has 3 heterocycles. The first kappa shape index (κ1) is 25.8. The number of hydrogen-bond donors (Lipinski definition) is 1. The van der Waals surface area contributed by atoms with E-state index in [1.165, 1.54) is 11.1 Å². The predicted molar refractivity (Wildman–Crippen MR) is 144 cm³/mol. The van der Waals surface area contributed by atoms with Crippen molar-refractivity contribution >= 4 is 29.3 Å². The van der Waals surface area contributed by atoms with E-state index in [2.05, 4.69) is 17.0 Å². The number of aryl methyl sites for hydroxylation is 1. The molecule has 3 aliphatic rings. The molecule has 0 saturated carbocycles. The minimum atomic E-state index is -1.03. The Morgan fingerprint density at radius 2 is 1.89 bits per heavy atom. The number of carboxylic acid groups (broad SMARTS) is 1. The molecule has 0 fully saturated rings. The maximum atomic E-state index is 12.8. The van der Waals surface area contributed by atoms with E-state index in [1.54, 1.807) is 18.0 Å². The molecule has 37 heavy (non-hydrogen) atoms. The highest BCUT2D eigenvalue weighted by atomic mass is 35.5. The van der Waals surface area contributed by atoms with Crippen molar-refractivity contribution in [2.24, 2.45) is 0 Å². The molecule has 7 nitrogen and oxygen atoms in total. The van der Waals surface area contributed by atoms with Crippen LogP contribution in [0.4, 0.5) is 5.82 Å². The third kappa shape index (κ3) is 5.42. The summed E-state index contributed by atoms with van der Waals surface area (Å²) in [6.07, 6.45) is 8.19. The van der Waals surface area contributed by atoms with Crippen molar-refractivity contribution in [3.8, 4) is 5.75 Å². The monoisotopic (exact) mass is 525 g/mol. The van der Waals surface area contributed by atoms with Crippen LogP contribution in [0.1, 0.15) is 74.1 Å². The fourth-order valence-electron chi connectivity index (χ4n) is 6.18. The number of benzene rings is 1. The number of amides is 1. The van der Waals surface area contributed by atoms with E-state index in [4.69, 9.17) is 21.3 Å². The lowest BCUT2D eigenvalue weighted by Gasteiger charge is -2.40. The van der Waals surface area contributed by atoms with Crippen LogP contribution in [0.15, 0.2) is 30.3 Å². The van der Waals surface area contributed by atoms with E-state index >= 15 is 0 Å². The number of carbonyl (C=O) groups is 2. The molecule has 198 valence electrons. The lowest BCUT2D eigenvalue weighted by Crippen LogP contribution is -2.46. The number of ether oxygens (including phenoxy) is 1. The Morgan fingerprint density at radius 3 is 2.70 bits per heavy atom. The van der Waals surface area contributed by atoms with Gasteiger partial charge < -0.3 is 19.6 Å². The SMILES string of the molecule is CN1CCCCCCCN2C[C@@]3(CCCc4cc(Cl)ccc43)COc3ccc(nc32)[C@@H](C(=O)O)CC1=O. The van der Waals surface area contributed by atoms with Gasteiger partial charge in [-0.1, -0.05) is 36.9 Å². The van der Waals surface area contributed by atoms with Gasteiger partial charge in [0.15, 0.2) is 11.6 Å². The highest BCUT2D eigenvalue weighted by Crippen LogP contribution is 2.44. The van der Waals surface area contributed by atoms with Gasteiger partial charge in [0, 0.05) is 43.5 Å². The van der Waals surface area contributed by atoms with E-state index < -0.39 is 11.9 Å². The van der Waals surface area contributed by atoms with Crippen molar-refractivity contribution in [1.82, 2.24) is 9.88 Å². The number of hydrogen-bond acceptors (Lipinski definition) is 5. The summed E-state index contributed by atoms with van der Waals surface area (Å²) < 4.78 is 6.45. The van der Waals surface area contributed by atoms with E-state index in [-0.39, 0.29) is 17.7 Å². The Kier molecular flexibility index (Phi) is 7.61. The minimum absolute atomic E-state index is 0.101. The molecule has 0 unspecified atom stereocenters. The highest BCUT2D eigenvalue weighted by molar-refractivity contribution is 6.30. The number of rotatable bonds is 1. The zero-order valence-electron chi connectivity index (χ0n) is 21.5. The Labute approximate surface area is 223 Å². The number of pyridine rings is 1. The van der Waals surface area contributed by atoms with Gasteiger partial charge in [-0.3, -0.25) is 9.59 Å². The highest BCUT2D eigenvalue weighted by Gasteiger charge is 2.42. The molecular formula is C29H36ClN3O4. The maximum absolute atomic E-state index is 12.8. The van der Waals surface area contributed by atoms with Gasteiger partial charge in [0.25, 0.3) is 0 Å². The average molecular weight is 526 g/mol. The zero-order chi connectivity index (χ0) is 26.0. The number of carboxylic acids is 1. The Bertz CT molecular complexity index is 1170. The number of aliphatic carboxylic acids is 1. The molecule has 5 rings (SSSR count). The normalized spacial score (nSPS) is 24.9. The summed E-state index contributed by atoms with van der Waals surface area (Å²) >= 11 is 6.34. The molecule has 1 aromatic heterocycles. The zero-order valence-corrected chi connectivity index (χ0v) is 22.3. The van der Waals surface area contributed by atoms with Crippen molar-refractivity contribution < 1.29 is 19.4 Å². The summed E-state index contributed by atoms with van der Waals surface area (Å²) in [5, 5.41) is 10.8. The lowest BCUT2D eigenvalue weighted by molar-refractivity contribution is -0.142. The minimum Gasteiger partial charge on any atom is -0.489 e. The molecule has 2 aliphatic heterocycles. The van der Waals surface area contributed by atoms with Crippen LogP contribution in [0.5, 0.6) is 5.75 Å². The fourth-order valence-corrected chi connectivity index (χ4v) is 6.37. The lowest BCUT2D eigenvalue weighted by atomic mass is 9.70. The quantitative estimate of drug-likeness (QED) is 0.551. The van der Waals surface area contributed by atoms with Gasteiger partial charge >= 0.3 is 5.97 Å². The summed E-state index contributed by atoms with van der Waals surface area (Å²) in [7, 11) is 1.76. The van der Waals surface area contributed by atoms with E-state index in [1.807, 2.05) is 12.1 Å². The smallest absolute Gasteiger partial charge is 0.313 e. The second-order valence-electron chi connectivity index (χ2n) is 10.9. The molecule has 2 aromatic rings. The standard InChI is InChI=1S/C29H36ClN3O4/c1-32-14-5-3-2-4-6-15-33-18-29(13-7-8-20-16-21(30)9-10-23(20)29)19-37-25-12-11-24(31-27(25)33)22(28(35)36)17-26(32)34/h9-12,16,22H,2-8,13-15,17-19H2,1H3,(H,35,36)/t22-,29-/m0/s1. The Hall–Kier alpha value is -2.80. The molecule has 1 spiro atoms. The van der Waals surface area contributed by atoms with Gasteiger partial charge in [-0.25, -0.2) is 4.98 Å². The molecule has 0 radical (unpaired) electrons. The Morgan fingerprint density at radius 1 is 1.11 bits per heavy atom. The predicted octanol–water partition coefficient (Wildman–Crippen LogP) is 5.19. The molecular weight excluding hydrogens is 490 g/mol. The average Bonchev–Trinajstić information content (AvgIpc) is 3.03. The van der Waals surface area contributed by atoms with Crippen molar-refractivity contribution in [2.45, 2.75) is 69.1 Å². The fraction of sp³-hybridized carbons (Fsp3) is 0.552. The summed E-state index contributed by atoms with van der Waals surface area (Å²) in [5.41, 5.74) is 2.80. The topological polar surface area (TPSA) is 83.0 Å². The number of halogens is 1. The van der Waals surface area contributed by atoms with Crippen molar-refractivity contribution in [2.75, 3.05) is 38.2 Å². The van der Waals surface area contributed by atoms with Crippen LogP contribution in [-0.4, -0.2) is 60.2 Å². The van der Waals surface area contributed by atoms with Gasteiger partial charge in [0.2, 0.25) is 5.91 Å². The van der Waals surface area contributed by atoms with Crippen LogP contribution < -0.4 is 9.64 Å². The first-order valence-electron chi connectivity index (χ1n) is 13.5. The molecule has 1 N–H and O–H groups in total. The molecule has 2 atom stereocenters.